The van der Waals surface area contributed by atoms with Gasteiger partial charge in [0.2, 0.25) is 0 Å². The molecule has 0 spiro atoms. The van der Waals surface area contributed by atoms with Gasteiger partial charge >= 0.3 is 67.9 Å². The second kappa shape index (κ2) is 8.25. The first kappa shape index (κ1) is 9.25. The maximum absolute atomic E-state index is 5.41. The van der Waals surface area contributed by atoms with Crippen molar-refractivity contribution in [1.82, 2.24) is 0 Å². The number of unbranched alkanes of at least 4 members (excludes halogenated alkanes) is 3. The van der Waals surface area contributed by atoms with Gasteiger partial charge in [-0.05, 0) is 0 Å². The normalized spacial score (nSPS) is 9.33. The Labute approximate surface area is 68.0 Å². The van der Waals surface area contributed by atoms with Gasteiger partial charge in [-0.2, -0.15) is 0 Å². The van der Waals surface area contributed by atoms with E-state index in [0.29, 0.717) is 0 Å². The van der Waals surface area contributed by atoms with Gasteiger partial charge in [-0.15, -0.1) is 0 Å². The van der Waals surface area contributed by atoms with E-state index >= 15 is 0 Å². The third kappa shape index (κ3) is 8.25. The molecule has 0 radical (unpaired) electrons. The van der Waals surface area contributed by atoms with Gasteiger partial charge in [-0.3, -0.25) is 0 Å². The Morgan fingerprint density at radius 3 is 2.67 bits per heavy atom. The van der Waals surface area contributed by atoms with Crippen LogP contribution in [0.15, 0.2) is 0 Å². The average molecular weight is 238 g/mol. The number of hydrogen-bond donors (Lipinski definition) is 1. The predicted octanol–water partition coefficient (Wildman–Crippen LogP) is -1.86. The molecule has 0 aliphatic carbocycles. The van der Waals surface area contributed by atoms with Crippen LogP contribution in [-0.4, -0.2) is 4.43 Å². The summed E-state index contributed by atoms with van der Waals surface area (Å²) in [7, 11) is 0. The molecule has 0 aliphatic heterocycles. The Balaban J connectivity index is 2.69. The summed E-state index contributed by atoms with van der Waals surface area (Å²) in [5.41, 5.74) is 0. The number of terminal acetylenes is 1. The molecule has 0 fully saturated rings. The molecule has 0 aromatic heterocycles. The molecule has 2 N–H and O–H groups in total. The Morgan fingerprint density at radius 1 is 1.33 bits per heavy atom. The molecule has 0 saturated heterocycles. The first-order chi connectivity index (χ1) is 4.41. The Morgan fingerprint density at radius 2 is 2.11 bits per heavy atom. The van der Waals surface area contributed by atoms with E-state index < -0.39 is 0 Å². The summed E-state index contributed by atoms with van der Waals surface area (Å²) in [6.45, 7) is 0. The van der Waals surface area contributed by atoms with Crippen molar-refractivity contribution in [2.24, 2.45) is 3.95 Å². The van der Waals surface area contributed by atoms with E-state index in [9.17, 15) is 0 Å². The van der Waals surface area contributed by atoms with Crippen LogP contribution in [0.5, 0.6) is 0 Å². The summed E-state index contributed by atoms with van der Waals surface area (Å²) < 4.78 is 6.67. The van der Waals surface area contributed by atoms with E-state index in [1.165, 1.54) is 23.7 Å². The molecule has 0 saturated carbocycles. The van der Waals surface area contributed by atoms with Crippen molar-refractivity contribution in [2.45, 2.75) is 25.7 Å². The van der Waals surface area contributed by atoms with Crippen molar-refractivity contribution in [3.8, 4) is 12.3 Å². The van der Waals surface area contributed by atoms with Crippen LogP contribution >= 0.6 is 0 Å². The first-order valence-corrected chi connectivity index (χ1v) is 5.90. The predicted molar refractivity (Wildman–Crippen MR) is 36.4 cm³/mol. The van der Waals surface area contributed by atoms with Crippen LogP contribution in [-0.2, 0) is 0 Å². The van der Waals surface area contributed by atoms with E-state index in [1.807, 2.05) is 0 Å². The second-order valence-corrected chi connectivity index (χ2v) is 3.82. The summed E-state index contributed by atoms with van der Waals surface area (Å²) in [6.07, 6.45) is 9.74. The summed E-state index contributed by atoms with van der Waals surface area (Å²) >= 11 is 0.0335. The van der Waals surface area contributed by atoms with Crippen LogP contribution in [0.25, 0.3) is 0 Å². The number of alkyl halides is 1. The topological polar surface area (TPSA) is 26.0 Å². The van der Waals surface area contributed by atoms with E-state index in [2.05, 4.69) is 5.92 Å². The Hall–Kier alpha value is 0.250. The van der Waals surface area contributed by atoms with Crippen molar-refractivity contribution < 1.29 is 21.5 Å². The quantitative estimate of drug-likeness (QED) is 0.196. The minimum atomic E-state index is 0.0335. The van der Waals surface area contributed by atoms with Gasteiger partial charge in [0.05, 0.1) is 0 Å². The number of hydrogen-bond acceptors (Lipinski definition) is 1. The molecule has 0 heterocycles. The van der Waals surface area contributed by atoms with Crippen LogP contribution in [0.4, 0.5) is 0 Å². The second-order valence-electron chi connectivity index (χ2n) is 1.86. The van der Waals surface area contributed by atoms with Crippen LogP contribution in [0.2, 0.25) is 0 Å². The fourth-order valence-electron chi connectivity index (χ4n) is 0.575. The van der Waals surface area contributed by atoms with Gasteiger partial charge in [-0.1, -0.05) is 0 Å². The third-order valence-corrected chi connectivity index (χ3v) is 2.45. The number of rotatable bonds is 5. The van der Waals surface area contributed by atoms with Crippen molar-refractivity contribution in [1.29, 1.82) is 0 Å². The van der Waals surface area contributed by atoms with E-state index in [1.54, 1.807) is 0 Å². The van der Waals surface area contributed by atoms with Gasteiger partial charge in [0.25, 0.3) is 0 Å². The van der Waals surface area contributed by atoms with Crippen LogP contribution in [0, 0.1) is 12.3 Å². The molecule has 2 heteroatoms. The molecule has 0 amide bonds. The van der Waals surface area contributed by atoms with Gasteiger partial charge in [0.15, 0.2) is 0 Å². The molecule has 0 aliphatic rings. The molecule has 54 valence electrons. The fraction of sp³-hybridized carbons (Fsp3) is 0.714. The van der Waals surface area contributed by atoms with Crippen LogP contribution in [0.1, 0.15) is 25.7 Å². The van der Waals surface area contributed by atoms with Crippen molar-refractivity contribution >= 4 is 0 Å². The summed E-state index contributed by atoms with van der Waals surface area (Å²) in [6, 6.07) is 0. The van der Waals surface area contributed by atoms with Crippen molar-refractivity contribution in [2.75, 3.05) is 4.43 Å². The molecule has 0 bridgehead atoms. The van der Waals surface area contributed by atoms with Gasteiger partial charge in [0.1, 0.15) is 0 Å². The van der Waals surface area contributed by atoms with Crippen LogP contribution < -0.4 is 25.4 Å². The first-order valence-electron chi connectivity index (χ1n) is 3.13. The van der Waals surface area contributed by atoms with Gasteiger partial charge < -0.3 is 0 Å². The van der Waals surface area contributed by atoms with Crippen molar-refractivity contribution in [3.05, 3.63) is 0 Å². The molecule has 1 nitrogen and oxygen atoms in total. The zero-order valence-corrected chi connectivity index (χ0v) is 7.73. The number of halogens is 1. The fourth-order valence-corrected chi connectivity index (χ4v) is 1.56. The average Bonchev–Trinajstić information content (AvgIpc) is 1.89. The van der Waals surface area contributed by atoms with E-state index in [0.717, 1.165) is 6.42 Å². The van der Waals surface area contributed by atoms with Gasteiger partial charge in [-0.25, -0.2) is 0 Å². The summed E-state index contributed by atoms with van der Waals surface area (Å²) in [4.78, 5) is 0. The molecular weight excluding hydrogens is 225 g/mol. The molecule has 0 aromatic carbocycles. The molecular formula is C7H13IN-. The Kier molecular flexibility index (Phi) is 8.48. The standard InChI is InChI=1S/C7H13IN/c1-2-3-4-5-6-7-8-9/h1H,3-7,9H2/q-1. The van der Waals surface area contributed by atoms with E-state index in [-0.39, 0.29) is 21.5 Å². The molecule has 0 atom stereocenters. The molecule has 9 heavy (non-hydrogen) atoms. The Bertz CT molecular complexity index is 85.4. The van der Waals surface area contributed by atoms with Gasteiger partial charge in [0, 0.05) is 0 Å². The summed E-state index contributed by atoms with van der Waals surface area (Å²) in [5.74, 6) is 2.62. The van der Waals surface area contributed by atoms with Crippen molar-refractivity contribution in [3.63, 3.8) is 0 Å². The molecule has 0 rings (SSSR count). The summed E-state index contributed by atoms with van der Waals surface area (Å²) in [5, 5.41) is 0. The van der Waals surface area contributed by atoms with E-state index in [4.69, 9.17) is 10.4 Å². The zero-order chi connectivity index (χ0) is 6.95. The number of nitrogens with two attached hydrogens (primary N) is 1. The molecule has 0 unspecified atom stereocenters. The third-order valence-electron chi connectivity index (χ3n) is 1.06. The monoisotopic (exact) mass is 238 g/mol. The SMILES string of the molecule is C#CCCCCC[I-]N. The molecule has 0 aromatic rings. The zero-order valence-electron chi connectivity index (χ0n) is 5.57. The van der Waals surface area contributed by atoms with Crippen LogP contribution in [0.3, 0.4) is 0 Å². The maximum atomic E-state index is 5.41. The minimum absolute atomic E-state index is 0.0335.